The van der Waals surface area contributed by atoms with E-state index in [1.54, 1.807) is 6.20 Å². The molecule has 2 nitrogen and oxygen atoms in total. The molecule has 1 aromatic heterocycles. The molecule has 0 aliphatic heterocycles. The van der Waals surface area contributed by atoms with Crippen LogP contribution in [0.25, 0.3) is 0 Å². The molecule has 1 aromatic rings. The van der Waals surface area contributed by atoms with Gasteiger partial charge in [0.25, 0.3) is 0 Å². The summed E-state index contributed by atoms with van der Waals surface area (Å²) in [6, 6.07) is 2.58. The Balaban J connectivity index is 2.10. The first-order chi connectivity index (χ1) is 8.93. The number of anilines is 1. The summed E-state index contributed by atoms with van der Waals surface area (Å²) in [5.41, 5.74) is 1.45. The first-order valence-electron chi connectivity index (χ1n) is 6.86. The second kappa shape index (κ2) is 5.88. The molecule has 2 rings (SSSR count). The maximum atomic E-state index is 6.06. The van der Waals surface area contributed by atoms with E-state index in [4.69, 9.17) is 23.2 Å². The standard InChI is InChI=1S/C15H22Cl2N2/c1-15(2)6-4-12(5-7-15)19(3)14-8-11(9-16)13(17)10-18-14/h8,10,12H,4-7,9H2,1-3H3. The van der Waals surface area contributed by atoms with Crippen molar-refractivity contribution < 1.29 is 0 Å². The number of alkyl halides is 1. The van der Waals surface area contributed by atoms with Gasteiger partial charge in [-0.05, 0) is 42.7 Å². The minimum Gasteiger partial charge on any atom is -0.357 e. The molecule has 19 heavy (non-hydrogen) atoms. The van der Waals surface area contributed by atoms with Crippen LogP contribution in [0.4, 0.5) is 5.82 Å². The van der Waals surface area contributed by atoms with Gasteiger partial charge in [-0.3, -0.25) is 0 Å². The average Bonchev–Trinajstić information content (AvgIpc) is 2.38. The minimum absolute atomic E-state index is 0.430. The zero-order valence-electron chi connectivity index (χ0n) is 11.9. The van der Waals surface area contributed by atoms with E-state index in [2.05, 4.69) is 30.8 Å². The van der Waals surface area contributed by atoms with Crippen LogP contribution < -0.4 is 4.90 Å². The van der Waals surface area contributed by atoms with Gasteiger partial charge < -0.3 is 4.90 Å². The lowest BCUT2D eigenvalue weighted by Crippen LogP contribution is -2.37. The van der Waals surface area contributed by atoms with Crippen molar-refractivity contribution in [2.45, 2.75) is 51.5 Å². The van der Waals surface area contributed by atoms with Crippen molar-refractivity contribution in [2.75, 3.05) is 11.9 Å². The van der Waals surface area contributed by atoms with Gasteiger partial charge in [-0.1, -0.05) is 25.4 Å². The Morgan fingerprint density at radius 3 is 2.58 bits per heavy atom. The van der Waals surface area contributed by atoms with Crippen LogP contribution in [0.15, 0.2) is 12.3 Å². The molecule has 1 heterocycles. The van der Waals surface area contributed by atoms with Gasteiger partial charge in [-0.15, -0.1) is 11.6 Å². The van der Waals surface area contributed by atoms with E-state index in [1.165, 1.54) is 25.7 Å². The van der Waals surface area contributed by atoms with Crippen molar-refractivity contribution >= 4 is 29.0 Å². The Bertz CT molecular complexity index is 436. The van der Waals surface area contributed by atoms with E-state index in [0.717, 1.165) is 11.4 Å². The number of hydrogen-bond acceptors (Lipinski definition) is 2. The molecule has 1 fully saturated rings. The maximum Gasteiger partial charge on any atom is 0.128 e. The zero-order valence-corrected chi connectivity index (χ0v) is 13.4. The Morgan fingerprint density at radius 2 is 2.00 bits per heavy atom. The monoisotopic (exact) mass is 300 g/mol. The van der Waals surface area contributed by atoms with Crippen LogP contribution in [-0.4, -0.2) is 18.1 Å². The van der Waals surface area contributed by atoms with Gasteiger partial charge in [0.2, 0.25) is 0 Å². The van der Waals surface area contributed by atoms with E-state index >= 15 is 0 Å². The molecule has 0 radical (unpaired) electrons. The largest absolute Gasteiger partial charge is 0.357 e. The fourth-order valence-corrected chi connectivity index (χ4v) is 3.18. The predicted molar refractivity (Wildman–Crippen MR) is 83.2 cm³/mol. The molecule has 0 unspecified atom stereocenters. The molecule has 1 aliphatic carbocycles. The minimum atomic E-state index is 0.430. The quantitative estimate of drug-likeness (QED) is 0.740. The van der Waals surface area contributed by atoms with Crippen molar-refractivity contribution in [1.82, 2.24) is 4.98 Å². The van der Waals surface area contributed by atoms with Gasteiger partial charge in [0.1, 0.15) is 5.82 Å². The summed E-state index contributed by atoms with van der Waals surface area (Å²) >= 11 is 12.0. The first kappa shape index (κ1) is 14.9. The Hall–Kier alpha value is -0.470. The molecule has 1 saturated carbocycles. The Labute approximate surface area is 126 Å². The second-order valence-corrected chi connectivity index (χ2v) is 6.95. The lowest BCUT2D eigenvalue weighted by molar-refractivity contribution is 0.222. The molecule has 0 bridgehead atoms. The third-order valence-electron chi connectivity index (χ3n) is 4.28. The van der Waals surface area contributed by atoms with E-state index in [0.29, 0.717) is 22.4 Å². The van der Waals surface area contributed by atoms with Crippen molar-refractivity contribution in [3.05, 3.63) is 22.8 Å². The molecule has 0 saturated heterocycles. The highest BCUT2D eigenvalue weighted by molar-refractivity contribution is 6.32. The highest BCUT2D eigenvalue weighted by Gasteiger charge is 2.29. The van der Waals surface area contributed by atoms with Crippen LogP contribution in [0.2, 0.25) is 5.02 Å². The van der Waals surface area contributed by atoms with Crippen LogP contribution in [0, 0.1) is 5.41 Å². The zero-order chi connectivity index (χ0) is 14.0. The Morgan fingerprint density at radius 1 is 1.37 bits per heavy atom. The molecular formula is C15H22Cl2N2. The fraction of sp³-hybridized carbons (Fsp3) is 0.667. The first-order valence-corrected chi connectivity index (χ1v) is 7.77. The van der Waals surface area contributed by atoms with Crippen LogP contribution in [0.1, 0.15) is 45.1 Å². The molecule has 0 spiro atoms. The van der Waals surface area contributed by atoms with Crippen molar-refractivity contribution in [3.8, 4) is 0 Å². The van der Waals surface area contributed by atoms with Gasteiger partial charge >= 0.3 is 0 Å². The number of hydrogen-bond donors (Lipinski definition) is 0. The van der Waals surface area contributed by atoms with Crippen LogP contribution in [0.5, 0.6) is 0 Å². The van der Waals surface area contributed by atoms with E-state index in [1.807, 2.05) is 6.07 Å². The van der Waals surface area contributed by atoms with Crippen LogP contribution in [0.3, 0.4) is 0 Å². The summed E-state index contributed by atoms with van der Waals surface area (Å²) < 4.78 is 0. The normalized spacial score (nSPS) is 19.4. The highest BCUT2D eigenvalue weighted by Crippen LogP contribution is 2.37. The van der Waals surface area contributed by atoms with Crippen LogP contribution in [-0.2, 0) is 5.88 Å². The van der Waals surface area contributed by atoms with Gasteiger partial charge in [0, 0.05) is 25.2 Å². The number of nitrogens with zero attached hydrogens (tertiary/aromatic N) is 2. The average molecular weight is 301 g/mol. The molecule has 0 amide bonds. The molecule has 1 aliphatic rings. The number of pyridine rings is 1. The van der Waals surface area contributed by atoms with Crippen LogP contribution >= 0.6 is 23.2 Å². The van der Waals surface area contributed by atoms with Crippen molar-refractivity contribution in [1.29, 1.82) is 0 Å². The van der Waals surface area contributed by atoms with E-state index in [-0.39, 0.29) is 0 Å². The summed E-state index contributed by atoms with van der Waals surface area (Å²) in [5.74, 6) is 1.41. The molecule has 4 heteroatoms. The topological polar surface area (TPSA) is 16.1 Å². The molecular weight excluding hydrogens is 279 g/mol. The van der Waals surface area contributed by atoms with E-state index < -0.39 is 0 Å². The third-order valence-corrected chi connectivity index (χ3v) is 4.91. The molecule has 106 valence electrons. The Kier molecular flexibility index (Phi) is 4.62. The summed E-state index contributed by atoms with van der Waals surface area (Å²) in [6.45, 7) is 4.71. The second-order valence-electron chi connectivity index (χ2n) is 6.27. The maximum absolute atomic E-state index is 6.06. The van der Waals surface area contributed by atoms with E-state index in [9.17, 15) is 0 Å². The number of rotatable bonds is 3. The summed E-state index contributed by atoms with van der Waals surface area (Å²) in [4.78, 5) is 6.71. The van der Waals surface area contributed by atoms with Crippen molar-refractivity contribution in [2.24, 2.45) is 5.41 Å². The van der Waals surface area contributed by atoms with Gasteiger partial charge in [-0.25, -0.2) is 4.98 Å². The van der Waals surface area contributed by atoms with Crippen molar-refractivity contribution in [3.63, 3.8) is 0 Å². The molecule has 0 atom stereocenters. The SMILES string of the molecule is CN(c1cc(CCl)c(Cl)cn1)C1CCC(C)(C)CC1. The summed E-state index contributed by atoms with van der Waals surface area (Å²) in [7, 11) is 2.12. The number of aromatic nitrogens is 1. The van der Waals surface area contributed by atoms with Gasteiger partial charge in [0.15, 0.2) is 0 Å². The van der Waals surface area contributed by atoms with Gasteiger partial charge in [0.05, 0.1) is 5.02 Å². The highest BCUT2D eigenvalue weighted by atomic mass is 35.5. The number of halogens is 2. The predicted octanol–water partition coefficient (Wildman–Crippen LogP) is 4.88. The smallest absolute Gasteiger partial charge is 0.128 e. The third kappa shape index (κ3) is 3.55. The molecule has 0 N–H and O–H groups in total. The lowest BCUT2D eigenvalue weighted by atomic mass is 9.75. The lowest BCUT2D eigenvalue weighted by Gasteiger charge is -2.39. The van der Waals surface area contributed by atoms with Gasteiger partial charge in [-0.2, -0.15) is 0 Å². The molecule has 0 aromatic carbocycles. The summed E-state index contributed by atoms with van der Waals surface area (Å²) in [6.07, 6.45) is 6.71. The fourth-order valence-electron chi connectivity index (χ4n) is 2.72. The summed E-state index contributed by atoms with van der Waals surface area (Å²) in [5, 5.41) is 0.650.